The second-order valence-electron chi connectivity index (χ2n) is 8.03. The Kier molecular flexibility index (Phi) is 12.7. The summed E-state index contributed by atoms with van der Waals surface area (Å²) >= 11 is 0. The van der Waals surface area contributed by atoms with Crippen LogP contribution >= 0.6 is 0 Å². The minimum absolute atomic E-state index is 0.0206. The summed E-state index contributed by atoms with van der Waals surface area (Å²) in [5.41, 5.74) is 1.04. The number of nitrogens with one attached hydrogen (secondary N) is 2. The van der Waals surface area contributed by atoms with E-state index >= 15 is 0 Å². The molecule has 0 aliphatic carbocycles. The van der Waals surface area contributed by atoms with Gasteiger partial charge in [-0.3, -0.25) is 14.4 Å². The van der Waals surface area contributed by atoms with E-state index in [-0.39, 0.29) is 49.4 Å². The Balaban J connectivity index is 2.57. The Bertz CT molecular complexity index is 750. The molecule has 7 heteroatoms. The molecule has 0 bridgehead atoms. The van der Waals surface area contributed by atoms with Crippen molar-refractivity contribution in [3.63, 3.8) is 0 Å². The molecule has 0 saturated heterocycles. The van der Waals surface area contributed by atoms with Gasteiger partial charge in [0.25, 0.3) is 0 Å². The highest BCUT2D eigenvalue weighted by molar-refractivity contribution is 5.86. The predicted molar refractivity (Wildman–Crippen MR) is 125 cm³/mol. The largest absolute Gasteiger partial charge is 0.463 e. The smallest absolute Gasteiger partial charge is 0.309 e. The lowest BCUT2D eigenvalue weighted by Crippen LogP contribution is -2.43. The Morgan fingerprint density at radius 2 is 1.62 bits per heavy atom. The van der Waals surface area contributed by atoms with Crippen LogP contribution in [0.1, 0.15) is 38.7 Å². The van der Waals surface area contributed by atoms with Crippen molar-refractivity contribution in [3.05, 3.63) is 61.2 Å². The van der Waals surface area contributed by atoms with Crippen LogP contribution in [-0.4, -0.2) is 48.2 Å². The molecule has 1 aromatic rings. The van der Waals surface area contributed by atoms with Gasteiger partial charge in [0.2, 0.25) is 11.8 Å². The summed E-state index contributed by atoms with van der Waals surface area (Å²) in [5.74, 6) is -1.91. The number of aliphatic hydroxyl groups excluding tert-OH is 1. The number of hydrogen-bond donors (Lipinski definition) is 3. The summed E-state index contributed by atoms with van der Waals surface area (Å²) in [6.07, 6.45) is 4.64. The van der Waals surface area contributed by atoms with Gasteiger partial charge in [-0.05, 0) is 38.7 Å². The summed E-state index contributed by atoms with van der Waals surface area (Å²) in [6, 6.07) is 8.89. The maximum Gasteiger partial charge on any atom is 0.309 e. The van der Waals surface area contributed by atoms with Crippen molar-refractivity contribution in [2.75, 3.05) is 13.2 Å². The predicted octanol–water partition coefficient (Wildman–Crippen LogP) is 2.55. The van der Waals surface area contributed by atoms with Crippen LogP contribution in [-0.2, 0) is 25.5 Å². The maximum absolute atomic E-state index is 12.6. The third kappa shape index (κ3) is 10.4. The molecule has 32 heavy (non-hydrogen) atoms. The Labute approximate surface area is 190 Å². The number of carbonyl (C=O) groups excluding carboxylic acids is 3. The van der Waals surface area contributed by atoms with E-state index in [1.807, 2.05) is 30.3 Å². The molecule has 3 N–H and O–H groups in total. The second kappa shape index (κ2) is 15.0. The van der Waals surface area contributed by atoms with Crippen molar-refractivity contribution in [1.29, 1.82) is 0 Å². The van der Waals surface area contributed by atoms with E-state index < -0.39 is 12.0 Å². The van der Waals surface area contributed by atoms with Crippen LogP contribution in [0.25, 0.3) is 0 Å². The van der Waals surface area contributed by atoms with Crippen LogP contribution in [0, 0.1) is 11.8 Å². The van der Waals surface area contributed by atoms with E-state index in [9.17, 15) is 14.4 Å². The van der Waals surface area contributed by atoms with Crippen LogP contribution in [0.2, 0.25) is 0 Å². The van der Waals surface area contributed by atoms with Gasteiger partial charge in [-0.15, -0.1) is 13.2 Å². The average Bonchev–Trinajstić information content (AvgIpc) is 2.77. The summed E-state index contributed by atoms with van der Waals surface area (Å²) < 4.78 is 5.45. The van der Waals surface area contributed by atoms with Crippen molar-refractivity contribution in [2.45, 2.75) is 51.6 Å². The van der Waals surface area contributed by atoms with Gasteiger partial charge in [-0.1, -0.05) is 42.5 Å². The third-order valence-corrected chi connectivity index (χ3v) is 4.91. The van der Waals surface area contributed by atoms with Gasteiger partial charge in [0.15, 0.2) is 0 Å². The number of ether oxygens (including phenoxy) is 1. The minimum atomic E-state index is -0.594. The Hall–Kier alpha value is -2.93. The monoisotopic (exact) mass is 444 g/mol. The molecule has 0 radical (unpaired) electrons. The van der Waals surface area contributed by atoms with Crippen molar-refractivity contribution >= 4 is 17.8 Å². The molecule has 4 unspecified atom stereocenters. The van der Waals surface area contributed by atoms with E-state index in [0.717, 1.165) is 5.56 Å². The average molecular weight is 445 g/mol. The number of rotatable bonds is 15. The molecular weight excluding hydrogens is 408 g/mol. The number of benzene rings is 1. The van der Waals surface area contributed by atoms with E-state index in [0.29, 0.717) is 19.3 Å². The van der Waals surface area contributed by atoms with Gasteiger partial charge in [0, 0.05) is 12.5 Å². The topological polar surface area (TPSA) is 105 Å². The van der Waals surface area contributed by atoms with Crippen molar-refractivity contribution in [2.24, 2.45) is 11.8 Å². The fourth-order valence-corrected chi connectivity index (χ4v) is 3.18. The molecule has 0 aromatic heterocycles. The molecular formula is C25H36N2O5. The SMILES string of the molecule is C=CCC(CC(=O)NC(C)CO)C(=O)NC(C)COC(=O)C(CC=C)Cc1ccccc1. The molecule has 0 fully saturated rings. The van der Waals surface area contributed by atoms with Crippen LogP contribution in [0.5, 0.6) is 0 Å². The van der Waals surface area contributed by atoms with Crippen molar-refractivity contribution in [1.82, 2.24) is 10.6 Å². The number of amides is 2. The van der Waals surface area contributed by atoms with Crippen LogP contribution in [0.4, 0.5) is 0 Å². The third-order valence-electron chi connectivity index (χ3n) is 4.91. The first kappa shape index (κ1) is 27.1. The Morgan fingerprint density at radius 1 is 1.00 bits per heavy atom. The number of hydrogen-bond acceptors (Lipinski definition) is 5. The first-order valence-electron chi connectivity index (χ1n) is 10.9. The van der Waals surface area contributed by atoms with Gasteiger partial charge in [-0.25, -0.2) is 0 Å². The van der Waals surface area contributed by atoms with Gasteiger partial charge in [0.1, 0.15) is 6.61 Å². The van der Waals surface area contributed by atoms with Gasteiger partial charge >= 0.3 is 5.97 Å². The molecule has 2 amide bonds. The normalized spacial score (nSPS) is 14.3. The standard InChI is InChI=1S/C25H36N2O5/c1-5-10-21(15-23(29)26-18(3)16-28)24(30)27-19(4)17-32-25(31)22(11-6-2)14-20-12-8-7-9-13-20/h5-9,12-13,18-19,21-22,28H,1-2,10-11,14-17H2,3-4H3,(H,26,29)(H,27,30). The summed E-state index contributed by atoms with van der Waals surface area (Å²) in [6.45, 7) is 10.6. The fourth-order valence-electron chi connectivity index (χ4n) is 3.18. The van der Waals surface area contributed by atoms with E-state index in [1.54, 1.807) is 26.0 Å². The highest BCUT2D eigenvalue weighted by Crippen LogP contribution is 2.15. The first-order valence-corrected chi connectivity index (χ1v) is 10.9. The zero-order valence-electron chi connectivity index (χ0n) is 19.1. The molecule has 0 spiro atoms. The number of aliphatic hydroxyl groups is 1. The molecule has 0 heterocycles. The lowest BCUT2D eigenvalue weighted by atomic mass is 9.96. The van der Waals surface area contributed by atoms with Crippen LogP contribution < -0.4 is 10.6 Å². The zero-order valence-corrected chi connectivity index (χ0v) is 19.1. The molecule has 4 atom stereocenters. The van der Waals surface area contributed by atoms with E-state index in [1.165, 1.54) is 0 Å². The quantitative estimate of drug-likeness (QED) is 0.285. The van der Waals surface area contributed by atoms with Crippen molar-refractivity contribution < 1.29 is 24.2 Å². The number of allylic oxidation sites excluding steroid dienone is 2. The van der Waals surface area contributed by atoms with E-state index in [4.69, 9.17) is 9.84 Å². The lowest BCUT2D eigenvalue weighted by Gasteiger charge is -2.21. The van der Waals surface area contributed by atoms with Gasteiger partial charge < -0.3 is 20.5 Å². The van der Waals surface area contributed by atoms with Crippen LogP contribution in [0.3, 0.4) is 0 Å². The maximum atomic E-state index is 12.6. The second-order valence-corrected chi connectivity index (χ2v) is 8.03. The molecule has 0 aliphatic rings. The highest BCUT2D eigenvalue weighted by atomic mass is 16.5. The highest BCUT2D eigenvalue weighted by Gasteiger charge is 2.24. The molecule has 7 nitrogen and oxygen atoms in total. The van der Waals surface area contributed by atoms with Gasteiger partial charge in [0.05, 0.1) is 24.5 Å². The summed E-state index contributed by atoms with van der Waals surface area (Å²) in [4.78, 5) is 37.3. The summed E-state index contributed by atoms with van der Waals surface area (Å²) in [7, 11) is 0. The minimum Gasteiger partial charge on any atom is -0.463 e. The first-order chi connectivity index (χ1) is 15.3. The van der Waals surface area contributed by atoms with E-state index in [2.05, 4.69) is 23.8 Å². The molecule has 1 rings (SSSR count). The van der Waals surface area contributed by atoms with Crippen LogP contribution in [0.15, 0.2) is 55.6 Å². The molecule has 176 valence electrons. The number of esters is 1. The Morgan fingerprint density at radius 3 is 2.22 bits per heavy atom. The molecule has 0 saturated carbocycles. The molecule has 1 aromatic carbocycles. The zero-order chi connectivity index (χ0) is 23.9. The fraction of sp³-hybridized carbons (Fsp3) is 0.480. The summed E-state index contributed by atoms with van der Waals surface area (Å²) in [5, 5.41) is 14.5. The van der Waals surface area contributed by atoms with Crippen molar-refractivity contribution in [3.8, 4) is 0 Å². The number of carbonyl (C=O) groups is 3. The molecule has 0 aliphatic heterocycles. The lowest BCUT2D eigenvalue weighted by molar-refractivity contribution is -0.149. The van der Waals surface area contributed by atoms with Gasteiger partial charge in [-0.2, -0.15) is 0 Å².